The van der Waals surface area contributed by atoms with Crippen LogP contribution in [0.25, 0.3) is 22.6 Å². The molecular weight excluding hydrogens is 266 g/mol. The van der Waals surface area contributed by atoms with Crippen molar-refractivity contribution < 1.29 is 13.3 Å². The summed E-state index contributed by atoms with van der Waals surface area (Å²) in [4.78, 5) is 4.13. The molecule has 0 saturated heterocycles. The molecule has 0 fully saturated rings. The van der Waals surface area contributed by atoms with Crippen molar-refractivity contribution >= 4 is 5.88 Å². The van der Waals surface area contributed by atoms with Crippen molar-refractivity contribution in [3.05, 3.63) is 42.2 Å². The highest BCUT2D eigenvalue weighted by Crippen LogP contribution is 2.35. The van der Waals surface area contributed by atoms with E-state index in [1.54, 1.807) is 24.0 Å². The quantitative estimate of drug-likeness (QED) is 0.781. The molecule has 0 saturated carbocycles. The normalized spacial score (nSPS) is 10.9. The number of halogens is 2. The van der Waals surface area contributed by atoms with Crippen LogP contribution in [0.1, 0.15) is 0 Å². The molecule has 20 heavy (non-hydrogen) atoms. The smallest absolute Gasteiger partial charge is 0.230 e. The molecule has 0 radical (unpaired) electrons. The second-order valence-corrected chi connectivity index (χ2v) is 4.29. The largest absolute Gasteiger partial charge is 0.367 e. The number of aryl methyl sites for hydroxylation is 1. The van der Waals surface area contributed by atoms with E-state index in [2.05, 4.69) is 10.1 Å². The van der Waals surface area contributed by atoms with E-state index >= 15 is 0 Å². The van der Waals surface area contributed by atoms with Crippen LogP contribution in [0, 0.1) is 11.6 Å². The highest BCUT2D eigenvalue weighted by atomic mass is 19.1. The molecule has 3 aromatic rings. The summed E-state index contributed by atoms with van der Waals surface area (Å²) in [7, 11) is 1.77. The van der Waals surface area contributed by atoms with Gasteiger partial charge in [0.05, 0.1) is 5.56 Å². The van der Waals surface area contributed by atoms with Crippen LogP contribution in [0.15, 0.2) is 35.1 Å². The maximum atomic E-state index is 13.4. The Bertz CT molecular complexity index is 758. The van der Waals surface area contributed by atoms with E-state index in [0.717, 1.165) is 6.07 Å². The molecule has 0 aliphatic heterocycles. The Kier molecular flexibility index (Phi) is 2.74. The second kappa shape index (κ2) is 4.44. The zero-order valence-corrected chi connectivity index (χ0v) is 10.5. The van der Waals surface area contributed by atoms with E-state index < -0.39 is 11.6 Å². The third-order valence-electron chi connectivity index (χ3n) is 2.90. The molecule has 7 heteroatoms. The number of anilines is 1. The van der Waals surface area contributed by atoms with Crippen LogP contribution < -0.4 is 5.73 Å². The Labute approximate surface area is 112 Å². The van der Waals surface area contributed by atoms with E-state index in [1.807, 2.05) is 0 Å². The van der Waals surface area contributed by atoms with Crippen LogP contribution in [-0.4, -0.2) is 14.7 Å². The topological polar surface area (TPSA) is 69.9 Å². The summed E-state index contributed by atoms with van der Waals surface area (Å²) in [6, 6.07) is 3.12. The number of nitrogens with two attached hydrogens (primary N) is 1. The predicted octanol–water partition coefficient (Wildman–Crippen LogP) is 2.60. The van der Waals surface area contributed by atoms with Gasteiger partial charge in [-0.25, -0.2) is 13.8 Å². The van der Waals surface area contributed by atoms with Crippen LogP contribution >= 0.6 is 0 Å². The number of aromatic nitrogens is 3. The minimum Gasteiger partial charge on any atom is -0.367 e. The molecular formula is C13H10F2N4O. The van der Waals surface area contributed by atoms with Crippen molar-refractivity contribution in [1.29, 1.82) is 0 Å². The monoisotopic (exact) mass is 276 g/mol. The van der Waals surface area contributed by atoms with E-state index in [9.17, 15) is 8.78 Å². The van der Waals surface area contributed by atoms with E-state index in [1.165, 1.54) is 12.1 Å². The lowest BCUT2D eigenvalue weighted by Crippen LogP contribution is -1.95. The molecule has 2 heterocycles. The van der Waals surface area contributed by atoms with Gasteiger partial charge in [0.1, 0.15) is 11.6 Å². The molecule has 1 aromatic carbocycles. The van der Waals surface area contributed by atoms with Crippen molar-refractivity contribution in [1.82, 2.24) is 14.7 Å². The van der Waals surface area contributed by atoms with Crippen molar-refractivity contribution in [2.24, 2.45) is 7.05 Å². The average Bonchev–Trinajstić information content (AvgIpc) is 2.93. The third kappa shape index (κ3) is 1.93. The fourth-order valence-electron chi connectivity index (χ4n) is 2.03. The van der Waals surface area contributed by atoms with Crippen LogP contribution in [0.4, 0.5) is 14.7 Å². The maximum absolute atomic E-state index is 13.4. The molecule has 0 bridgehead atoms. The van der Waals surface area contributed by atoms with Gasteiger partial charge in [-0.05, 0) is 17.7 Å². The molecule has 0 atom stereocenters. The minimum atomic E-state index is -0.702. The lowest BCUT2D eigenvalue weighted by atomic mass is 10.0. The Morgan fingerprint density at radius 1 is 1.20 bits per heavy atom. The first-order chi connectivity index (χ1) is 9.56. The molecule has 2 aromatic heterocycles. The van der Waals surface area contributed by atoms with Crippen molar-refractivity contribution in [2.75, 3.05) is 5.73 Å². The van der Waals surface area contributed by atoms with Crippen LogP contribution in [0.2, 0.25) is 0 Å². The predicted molar refractivity (Wildman–Crippen MR) is 68.5 cm³/mol. The standard InChI is InChI=1S/C13H10F2N4O/c1-19-3-2-17-13(19)11-10(12(16)20-18-11)7-4-8(14)6-9(15)5-7/h2-6H,16H2,1H3. The number of nitrogen functional groups attached to an aromatic ring is 1. The fraction of sp³-hybridized carbons (Fsp3) is 0.0769. The summed E-state index contributed by atoms with van der Waals surface area (Å²) in [5.41, 5.74) is 6.62. The number of nitrogens with zero attached hydrogens (tertiary/aromatic N) is 3. The number of hydrogen-bond donors (Lipinski definition) is 1. The molecule has 5 nitrogen and oxygen atoms in total. The SMILES string of the molecule is Cn1ccnc1-c1noc(N)c1-c1cc(F)cc(F)c1. The molecule has 0 amide bonds. The lowest BCUT2D eigenvalue weighted by molar-refractivity contribution is 0.438. The van der Waals surface area contributed by atoms with Gasteiger partial charge in [-0.2, -0.15) is 0 Å². The second-order valence-electron chi connectivity index (χ2n) is 4.29. The molecule has 0 aliphatic rings. The van der Waals surface area contributed by atoms with Gasteiger partial charge in [-0.3, -0.25) is 0 Å². The van der Waals surface area contributed by atoms with E-state index in [4.69, 9.17) is 10.3 Å². The maximum Gasteiger partial charge on any atom is 0.230 e. The van der Waals surface area contributed by atoms with Gasteiger partial charge in [0, 0.05) is 25.5 Å². The first-order valence-electron chi connectivity index (χ1n) is 5.75. The lowest BCUT2D eigenvalue weighted by Gasteiger charge is -2.03. The molecule has 0 spiro atoms. The highest BCUT2D eigenvalue weighted by Gasteiger charge is 2.21. The summed E-state index contributed by atoms with van der Waals surface area (Å²) in [5.74, 6) is -0.934. The molecule has 0 unspecified atom stereocenters. The number of rotatable bonds is 2. The minimum absolute atomic E-state index is 0.0204. The fourth-order valence-corrected chi connectivity index (χ4v) is 2.03. The zero-order valence-electron chi connectivity index (χ0n) is 10.5. The van der Waals surface area contributed by atoms with Crippen molar-refractivity contribution in [3.63, 3.8) is 0 Å². The summed E-state index contributed by atoms with van der Waals surface area (Å²) < 4.78 is 33.3. The van der Waals surface area contributed by atoms with Crippen molar-refractivity contribution in [2.45, 2.75) is 0 Å². The van der Waals surface area contributed by atoms with Gasteiger partial charge in [-0.15, -0.1) is 0 Å². The third-order valence-corrected chi connectivity index (χ3v) is 2.90. The Hall–Kier alpha value is -2.70. The van der Waals surface area contributed by atoms with Gasteiger partial charge < -0.3 is 14.8 Å². The van der Waals surface area contributed by atoms with Gasteiger partial charge in [0.25, 0.3) is 0 Å². The Morgan fingerprint density at radius 3 is 2.50 bits per heavy atom. The first kappa shape index (κ1) is 12.3. The number of benzene rings is 1. The summed E-state index contributed by atoms with van der Waals surface area (Å²) in [6.07, 6.45) is 3.30. The summed E-state index contributed by atoms with van der Waals surface area (Å²) >= 11 is 0. The Balaban J connectivity index is 2.24. The van der Waals surface area contributed by atoms with E-state index in [-0.39, 0.29) is 11.4 Å². The van der Waals surface area contributed by atoms with Gasteiger partial charge >= 0.3 is 0 Å². The van der Waals surface area contributed by atoms with Crippen LogP contribution in [-0.2, 0) is 7.05 Å². The van der Waals surface area contributed by atoms with Gasteiger partial charge in [0.15, 0.2) is 11.5 Å². The molecule has 102 valence electrons. The van der Waals surface area contributed by atoms with Crippen LogP contribution in [0.3, 0.4) is 0 Å². The number of imidazole rings is 1. The molecule has 3 rings (SSSR count). The Morgan fingerprint density at radius 2 is 1.90 bits per heavy atom. The van der Waals surface area contributed by atoms with Gasteiger partial charge in [-0.1, -0.05) is 5.16 Å². The molecule has 2 N–H and O–H groups in total. The van der Waals surface area contributed by atoms with E-state index in [0.29, 0.717) is 17.1 Å². The van der Waals surface area contributed by atoms with Crippen LogP contribution in [0.5, 0.6) is 0 Å². The summed E-state index contributed by atoms with van der Waals surface area (Å²) in [6.45, 7) is 0. The zero-order chi connectivity index (χ0) is 14.3. The number of hydrogen-bond acceptors (Lipinski definition) is 4. The average molecular weight is 276 g/mol. The van der Waals surface area contributed by atoms with Gasteiger partial charge in [0.2, 0.25) is 5.88 Å². The summed E-state index contributed by atoms with van der Waals surface area (Å²) in [5, 5.41) is 3.83. The van der Waals surface area contributed by atoms with Crippen molar-refractivity contribution in [3.8, 4) is 22.6 Å². The highest BCUT2D eigenvalue weighted by molar-refractivity contribution is 5.84. The first-order valence-corrected chi connectivity index (χ1v) is 5.75. The molecule has 0 aliphatic carbocycles.